The minimum absolute atomic E-state index is 0.150. The molecule has 50 heavy (non-hydrogen) atoms. The lowest BCUT2D eigenvalue weighted by atomic mass is 9.95. The van der Waals surface area contributed by atoms with Gasteiger partial charge in [-0.15, -0.1) is 0 Å². The summed E-state index contributed by atoms with van der Waals surface area (Å²) in [4.78, 5) is 20.0. The molecule has 1 saturated heterocycles. The number of rotatable bonds is 17. The van der Waals surface area contributed by atoms with Crippen LogP contribution in [0.25, 0.3) is 10.9 Å². The highest BCUT2D eigenvalue weighted by molar-refractivity contribution is 6.32. The van der Waals surface area contributed by atoms with Crippen LogP contribution in [0.4, 0.5) is 21.5 Å². The zero-order valence-electron chi connectivity index (χ0n) is 28.2. The van der Waals surface area contributed by atoms with E-state index in [9.17, 15) is 14.4 Å². The molecule has 1 fully saturated rings. The van der Waals surface area contributed by atoms with Crippen molar-refractivity contribution in [1.82, 2.24) is 9.88 Å². The number of pyridine rings is 1. The van der Waals surface area contributed by atoms with E-state index in [0.29, 0.717) is 108 Å². The largest absolute Gasteiger partial charge is 0.487 e. The van der Waals surface area contributed by atoms with Crippen LogP contribution in [0.1, 0.15) is 23.1 Å². The molecule has 1 aliphatic rings. The van der Waals surface area contributed by atoms with Crippen LogP contribution in [0, 0.1) is 23.1 Å². The smallest absolute Gasteiger partial charge is 0.248 e. The van der Waals surface area contributed by atoms with Crippen LogP contribution >= 0.6 is 11.6 Å². The van der Waals surface area contributed by atoms with E-state index in [1.165, 1.54) is 24.4 Å². The van der Waals surface area contributed by atoms with Crippen LogP contribution in [-0.4, -0.2) is 76.1 Å². The van der Waals surface area contributed by atoms with Crippen LogP contribution in [0.2, 0.25) is 5.02 Å². The minimum Gasteiger partial charge on any atom is -0.487 e. The number of carbonyl (C=O) groups excluding carboxylic acids is 1. The van der Waals surface area contributed by atoms with Crippen LogP contribution in [-0.2, 0) is 32.0 Å². The van der Waals surface area contributed by atoms with Crippen molar-refractivity contribution in [2.75, 3.05) is 70.9 Å². The first kappa shape index (κ1) is 36.7. The molecule has 12 heteroatoms. The van der Waals surface area contributed by atoms with Gasteiger partial charge < -0.3 is 29.6 Å². The lowest BCUT2D eigenvalue weighted by Crippen LogP contribution is -2.31. The summed E-state index contributed by atoms with van der Waals surface area (Å²) in [7, 11) is 3.32. The van der Waals surface area contributed by atoms with Gasteiger partial charge in [0.15, 0.2) is 0 Å². The normalized spacial score (nSPS) is 14.4. The third kappa shape index (κ3) is 10.2. The predicted octanol–water partition coefficient (Wildman–Crippen LogP) is 6.89. The molecule has 0 radical (unpaired) electrons. The summed E-state index contributed by atoms with van der Waals surface area (Å²) < 4.78 is 35.5. The quantitative estimate of drug-likeness (QED) is 0.114. The van der Waals surface area contributed by atoms with E-state index in [4.69, 9.17) is 30.5 Å². The molecule has 2 N–H and O–H groups in total. The molecular weight excluding hydrogens is 661 g/mol. The van der Waals surface area contributed by atoms with Crippen LogP contribution in [0.5, 0.6) is 5.75 Å². The van der Waals surface area contributed by atoms with Gasteiger partial charge in [-0.2, -0.15) is 5.26 Å². The molecule has 10 nitrogen and oxygen atoms in total. The van der Waals surface area contributed by atoms with E-state index in [2.05, 4.69) is 26.6 Å². The van der Waals surface area contributed by atoms with Crippen molar-refractivity contribution in [3.63, 3.8) is 0 Å². The molecule has 0 unspecified atom stereocenters. The van der Waals surface area contributed by atoms with Crippen molar-refractivity contribution >= 4 is 45.5 Å². The van der Waals surface area contributed by atoms with Crippen LogP contribution < -0.4 is 15.4 Å². The molecule has 1 aliphatic heterocycles. The van der Waals surface area contributed by atoms with Crippen molar-refractivity contribution in [2.24, 2.45) is 5.92 Å². The van der Waals surface area contributed by atoms with E-state index < -0.39 is 0 Å². The number of aromatic nitrogens is 1. The Labute approximate surface area is 296 Å². The lowest BCUT2D eigenvalue weighted by Gasteiger charge is -2.19. The number of methoxy groups -OCH3 is 2. The molecule has 1 aromatic heterocycles. The Balaban J connectivity index is 1.40. The predicted molar refractivity (Wildman–Crippen MR) is 193 cm³/mol. The summed E-state index contributed by atoms with van der Waals surface area (Å²) >= 11 is 6.58. The van der Waals surface area contributed by atoms with Gasteiger partial charge in [-0.1, -0.05) is 29.8 Å². The highest BCUT2D eigenvalue weighted by Crippen LogP contribution is 2.36. The second kappa shape index (κ2) is 18.4. The fourth-order valence-corrected chi connectivity index (χ4v) is 5.92. The summed E-state index contributed by atoms with van der Waals surface area (Å²) in [5.41, 5.74) is 4.37. The molecule has 4 aromatic rings. The lowest BCUT2D eigenvalue weighted by molar-refractivity contribution is -0.111. The Bertz CT molecular complexity index is 1830. The van der Waals surface area contributed by atoms with Crippen molar-refractivity contribution in [3.8, 4) is 11.8 Å². The van der Waals surface area contributed by atoms with Crippen molar-refractivity contribution in [2.45, 2.75) is 19.4 Å². The highest BCUT2D eigenvalue weighted by atomic mass is 35.5. The van der Waals surface area contributed by atoms with Gasteiger partial charge in [0.05, 0.1) is 35.0 Å². The molecule has 0 spiro atoms. The van der Waals surface area contributed by atoms with Gasteiger partial charge in [0, 0.05) is 76.1 Å². The second-order valence-corrected chi connectivity index (χ2v) is 12.4. The van der Waals surface area contributed by atoms with Gasteiger partial charge in [-0.05, 0) is 72.4 Å². The number of hydrogen-bond acceptors (Lipinski definition) is 9. The van der Waals surface area contributed by atoms with Crippen molar-refractivity contribution in [3.05, 3.63) is 100 Å². The fourth-order valence-electron chi connectivity index (χ4n) is 5.69. The maximum atomic E-state index is 13.6. The highest BCUT2D eigenvalue weighted by Gasteiger charge is 2.21. The summed E-state index contributed by atoms with van der Waals surface area (Å²) in [6.07, 6.45) is 6.52. The third-order valence-electron chi connectivity index (χ3n) is 8.34. The van der Waals surface area contributed by atoms with Gasteiger partial charge in [0.2, 0.25) is 5.91 Å². The molecule has 0 bridgehead atoms. The van der Waals surface area contributed by atoms with Gasteiger partial charge in [0.1, 0.15) is 24.2 Å². The summed E-state index contributed by atoms with van der Waals surface area (Å²) in [6.45, 7) is 4.64. The minimum atomic E-state index is -0.340. The number of amides is 1. The molecular formula is C38H41ClFN5O5. The van der Waals surface area contributed by atoms with Crippen molar-refractivity contribution in [1.29, 1.82) is 5.26 Å². The molecule has 262 valence electrons. The number of ether oxygens (including phenoxy) is 4. The summed E-state index contributed by atoms with van der Waals surface area (Å²) in [5, 5.41) is 17.5. The molecule has 2 heterocycles. The van der Waals surface area contributed by atoms with E-state index in [-0.39, 0.29) is 18.3 Å². The van der Waals surface area contributed by atoms with Crippen LogP contribution in [0.15, 0.2) is 72.9 Å². The fraction of sp³-hybridized carbons (Fsp3) is 0.342. The summed E-state index contributed by atoms with van der Waals surface area (Å²) in [6, 6.07) is 17.4. The number of hydrogen-bond donors (Lipinski definition) is 2. The maximum Gasteiger partial charge on any atom is 0.248 e. The van der Waals surface area contributed by atoms with E-state index in [1.807, 2.05) is 18.2 Å². The Kier molecular flexibility index (Phi) is 13.5. The average Bonchev–Trinajstić information content (AvgIpc) is 3.62. The Hall–Kier alpha value is -4.57. The first-order valence-electron chi connectivity index (χ1n) is 16.4. The van der Waals surface area contributed by atoms with E-state index >= 15 is 0 Å². The first-order chi connectivity index (χ1) is 24.4. The second-order valence-electron chi connectivity index (χ2n) is 12.0. The Morgan fingerprint density at radius 2 is 1.98 bits per heavy atom. The Morgan fingerprint density at radius 3 is 2.68 bits per heavy atom. The summed E-state index contributed by atoms with van der Waals surface area (Å²) in [5.74, 6) is 0.132. The molecule has 5 rings (SSSR count). The topological polar surface area (TPSA) is 118 Å². The van der Waals surface area contributed by atoms with Crippen molar-refractivity contribution < 1.29 is 28.1 Å². The van der Waals surface area contributed by atoms with E-state index in [1.54, 1.807) is 44.6 Å². The SMILES string of the molecule is COCCN(C/C=C/C(=O)Nc1cc2c(Nc3ccc(OCc4cccc(F)c4)c(Cl)c3)c(C#N)cnc2cc1C[C@H]1CCOC1)CCOC. The average molecular weight is 702 g/mol. The maximum absolute atomic E-state index is 13.6. The molecule has 1 atom stereocenters. The van der Waals surface area contributed by atoms with Gasteiger partial charge >= 0.3 is 0 Å². The monoisotopic (exact) mass is 701 g/mol. The number of nitriles is 1. The number of nitrogens with zero attached hydrogens (tertiary/aromatic N) is 3. The number of fused-ring (bicyclic) bond motifs is 1. The molecule has 1 amide bonds. The zero-order chi connectivity index (χ0) is 35.3. The number of carbonyl (C=O) groups is 1. The first-order valence-corrected chi connectivity index (χ1v) is 16.8. The number of halogens is 2. The molecule has 3 aromatic carbocycles. The third-order valence-corrected chi connectivity index (χ3v) is 8.64. The Morgan fingerprint density at radius 1 is 1.16 bits per heavy atom. The van der Waals surface area contributed by atoms with Gasteiger partial charge in [-0.25, -0.2) is 4.39 Å². The zero-order valence-corrected chi connectivity index (χ0v) is 29.0. The van der Waals surface area contributed by atoms with Crippen LogP contribution in [0.3, 0.4) is 0 Å². The molecule has 0 aliphatic carbocycles. The number of anilines is 3. The van der Waals surface area contributed by atoms with E-state index in [0.717, 1.165) is 12.0 Å². The number of benzene rings is 3. The van der Waals surface area contributed by atoms with Gasteiger partial charge in [0.25, 0.3) is 0 Å². The standard InChI is InChI=1S/C38H41ClFN5O5/c1-47-15-12-45(13-16-48-2)11-4-7-37(46)44-34-21-32-35(19-28(34)17-27-10-14-49-24-27)42-23-29(22-41)38(32)43-31-8-9-36(33(39)20-31)50-25-26-5-3-6-30(40)18-26/h3-9,18-21,23,27H,10-17,24-25H2,1-2H3,(H,42,43)(H,44,46)/b7-4+/t27-/m1/s1. The van der Waals surface area contributed by atoms with Gasteiger partial charge in [-0.3, -0.25) is 14.7 Å². The molecule has 0 saturated carbocycles. The number of nitrogens with one attached hydrogen (secondary N) is 2.